The Kier molecular flexibility index (Phi) is 7.71. The predicted molar refractivity (Wildman–Crippen MR) is 114 cm³/mol. The summed E-state index contributed by atoms with van der Waals surface area (Å²) < 4.78 is 15.6. The summed E-state index contributed by atoms with van der Waals surface area (Å²) in [5.74, 6) is 0.269. The van der Waals surface area contributed by atoms with Crippen molar-refractivity contribution in [2.24, 2.45) is 0 Å². The highest BCUT2D eigenvalue weighted by Gasteiger charge is 2.17. The topological polar surface area (TPSA) is 116 Å². The second-order valence-corrected chi connectivity index (χ2v) is 7.77. The molecule has 1 aliphatic rings. The number of nitrogens with one attached hydrogen (secondary N) is 2. The van der Waals surface area contributed by atoms with Gasteiger partial charge < -0.3 is 24.8 Å². The zero-order valence-corrected chi connectivity index (χ0v) is 18.0. The van der Waals surface area contributed by atoms with Crippen molar-refractivity contribution in [2.75, 3.05) is 24.4 Å². The van der Waals surface area contributed by atoms with E-state index in [-0.39, 0.29) is 49.4 Å². The number of rotatable bonds is 9. The first kappa shape index (κ1) is 22.4. The number of amides is 2. The van der Waals surface area contributed by atoms with Crippen LogP contribution in [0.1, 0.15) is 30.6 Å². The van der Waals surface area contributed by atoms with Crippen molar-refractivity contribution in [2.45, 2.75) is 31.4 Å². The zero-order chi connectivity index (χ0) is 22.2. The molecular weight excluding hydrogens is 422 g/mol. The molecule has 0 unspecified atom stereocenters. The molecule has 164 valence electrons. The second-order valence-electron chi connectivity index (χ2n) is 6.81. The Morgan fingerprint density at radius 1 is 1.19 bits per heavy atom. The molecule has 9 nitrogen and oxygen atoms in total. The molecule has 1 aromatic heterocycles. The minimum atomic E-state index is -0.378. The zero-order valence-electron chi connectivity index (χ0n) is 17.2. The number of benzene rings is 1. The summed E-state index contributed by atoms with van der Waals surface area (Å²) in [6.07, 6.45) is 1.42. The largest absolute Gasteiger partial charge is 0.463 e. The number of pyridine rings is 1. The van der Waals surface area contributed by atoms with Crippen molar-refractivity contribution in [3.05, 3.63) is 42.1 Å². The Balaban J connectivity index is 1.51. The van der Waals surface area contributed by atoms with Crippen LogP contribution in [0.15, 0.2) is 41.6 Å². The molecule has 2 N–H and O–H groups in total. The first-order valence-electron chi connectivity index (χ1n) is 9.67. The summed E-state index contributed by atoms with van der Waals surface area (Å²) in [5, 5.41) is 5.88. The third kappa shape index (κ3) is 6.61. The number of thioether (sulfide) groups is 1. The lowest BCUT2D eigenvalue weighted by Crippen LogP contribution is -2.27. The Bertz CT molecular complexity index is 966. The summed E-state index contributed by atoms with van der Waals surface area (Å²) in [6.45, 7) is 3.83. The molecule has 0 atom stereocenters. The number of esters is 1. The minimum absolute atomic E-state index is 0.0620. The Labute approximate surface area is 183 Å². The van der Waals surface area contributed by atoms with E-state index in [4.69, 9.17) is 14.2 Å². The molecule has 0 fully saturated rings. The van der Waals surface area contributed by atoms with E-state index in [2.05, 4.69) is 15.6 Å². The van der Waals surface area contributed by atoms with Gasteiger partial charge >= 0.3 is 5.97 Å². The number of nitrogens with zero attached hydrogens (tertiary/aromatic N) is 1. The number of carbonyl (C=O) groups is 3. The normalized spacial score (nSPS) is 11.8. The Morgan fingerprint density at radius 2 is 2.00 bits per heavy atom. The molecule has 0 radical (unpaired) electrons. The van der Waals surface area contributed by atoms with Gasteiger partial charge in [0.2, 0.25) is 12.7 Å². The average Bonchev–Trinajstić information content (AvgIpc) is 3.19. The van der Waals surface area contributed by atoms with Gasteiger partial charge in [-0.15, -0.1) is 0 Å². The molecule has 2 aromatic rings. The van der Waals surface area contributed by atoms with Crippen LogP contribution in [0.25, 0.3) is 0 Å². The number of aromatic nitrogens is 1. The molecule has 1 aromatic carbocycles. The van der Waals surface area contributed by atoms with Gasteiger partial charge in [0, 0.05) is 24.5 Å². The van der Waals surface area contributed by atoms with Crippen molar-refractivity contribution in [3.8, 4) is 11.5 Å². The van der Waals surface area contributed by atoms with Gasteiger partial charge in [0.15, 0.2) is 11.5 Å². The van der Waals surface area contributed by atoms with Gasteiger partial charge in [0.05, 0.1) is 23.8 Å². The summed E-state index contributed by atoms with van der Waals surface area (Å²) in [7, 11) is 0. The van der Waals surface area contributed by atoms with Crippen molar-refractivity contribution in [3.63, 3.8) is 0 Å². The van der Waals surface area contributed by atoms with Crippen LogP contribution < -0.4 is 20.1 Å². The van der Waals surface area contributed by atoms with Crippen LogP contribution in [0.4, 0.5) is 5.69 Å². The van der Waals surface area contributed by atoms with Crippen molar-refractivity contribution < 1.29 is 28.6 Å². The SMILES string of the molecule is CC(C)OC(=O)CCNC(=O)c1cccnc1SCC(=O)Nc1ccc2c(c1)OCO2. The van der Waals surface area contributed by atoms with Gasteiger partial charge in [-0.2, -0.15) is 0 Å². The number of ether oxygens (including phenoxy) is 3. The number of hydrogen-bond donors (Lipinski definition) is 2. The molecule has 10 heteroatoms. The summed E-state index contributed by atoms with van der Waals surface area (Å²) in [5.41, 5.74) is 0.919. The Morgan fingerprint density at radius 3 is 2.81 bits per heavy atom. The van der Waals surface area contributed by atoms with Crippen molar-refractivity contribution in [1.82, 2.24) is 10.3 Å². The van der Waals surface area contributed by atoms with Crippen LogP contribution in [-0.4, -0.2) is 48.0 Å². The molecule has 2 amide bonds. The summed E-state index contributed by atoms with van der Waals surface area (Å²) in [4.78, 5) is 40.6. The van der Waals surface area contributed by atoms with Crippen LogP contribution in [-0.2, 0) is 14.3 Å². The second kappa shape index (κ2) is 10.7. The fraction of sp³-hybridized carbons (Fsp3) is 0.333. The van der Waals surface area contributed by atoms with E-state index in [0.717, 1.165) is 11.8 Å². The van der Waals surface area contributed by atoms with Crippen LogP contribution >= 0.6 is 11.8 Å². The van der Waals surface area contributed by atoms with Crippen molar-refractivity contribution in [1.29, 1.82) is 0 Å². The van der Waals surface area contributed by atoms with Gasteiger partial charge in [0.25, 0.3) is 5.91 Å². The highest BCUT2D eigenvalue weighted by atomic mass is 32.2. The van der Waals surface area contributed by atoms with Gasteiger partial charge in [0.1, 0.15) is 5.03 Å². The molecule has 0 bridgehead atoms. The van der Waals surface area contributed by atoms with E-state index in [0.29, 0.717) is 27.8 Å². The van der Waals surface area contributed by atoms with Gasteiger partial charge in [-0.25, -0.2) is 4.98 Å². The monoisotopic (exact) mass is 445 g/mol. The van der Waals surface area contributed by atoms with Gasteiger partial charge in [-0.3, -0.25) is 14.4 Å². The van der Waals surface area contributed by atoms with Crippen LogP contribution in [0.5, 0.6) is 11.5 Å². The van der Waals surface area contributed by atoms with Crippen LogP contribution in [0, 0.1) is 0 Å². The fourth-order valence-electron chi connectivity index (χ4n) is 2.68. The van der Waals surface area contributed by atoms with Crippen molar-refractivity contribution >= 4 is 35.2 Å². The quantitative estimate of drug-likeness (QED) is 0.447. The fourth-order valence-corrected chi connectivity index (χ4v) is 3.47. The number of fused-ring (bicyclic) bond motifs is 1. The lowest BCUT2D eigenvalue weighted by molar-refractivity contribution is -0.147. The first-order valence-corrected chi connectivity index (χ1v) is 10.7. The van der Waals surface area contributed by atoms with E-state index in [1.807, 2.05) is 0 Å². The standard InChI is InChI=1S/C21H23N3O6S/c1-13(2)30-19(26)7-9-22-20(27)15-4-3-8-23-21(15)31-11-18(25)24-14-5-6-16-17(10-14)29-12-28-16/h3-6,8,10,13H,7,9,11-12H2,1-2H3,(H,22,27)(H,24,25). The van der Waals surface area contributed by atoms with Crippen LogP contribution in [0.3, 0.4) is 0 Å². The third-order valence-corrected chi connectivity index (χ3v) is 5.00. The maximum Gasteiger partial charge on any atom is 0.307 e. The predicted octanol–water partition coefficient (Wildman–Crippen LogP) is 2.61. The highest BCUT2D eigenvalue weighted by molar-refractivity contribution is 8.00. The maximum atomic E-state index is 12.5. The molecule has 31 heavy (non-hydrogen) atoms. The minimum Gasteiger partial charge on any atom is -0.463 e. The first-order chi connectivity index (χ1) is 14.9. The lowest BCUT2D eigenvalue weighted by Gasteiger charge is -2.10. The number of hydrogen-bond acceptors (Lipinski definition) is 8. The number of anilines is 1. The van der Waals surface area contributed by atoms with E-state index in [1.165, 1.54) is 0 Å². The van der Waals surface area contributed by atoms with E-state index >= 15 is 0 Å². The average molecular weight is 445 g/mol. The molecule has 0 saturated carbocycles. The lowest BCUT2D eigenvalue weighted by atomic mass is 10.2. The molecule has 3 rings (SSSR count). The smallest absolute Gasteiger partial charge is 0.307 e. The molecule has 0 saturated heterocycles. The van der Waals surface area contributed by atoms with Crippen LogP contribution in [0.2, 0.25) is 0 Å². The Hall–Kier alpha value is -3.27. The molecule has 1 aliphatic heterocycles. The molecule has 2 heterocycles. The molecule has 0 spiro atoms. The highest BCUT2D eigenvalue weighted by Crippen LogP contribution is 2.34. The summed E-state index contributed by atoms with van der Waals surface area (Å²) >= 11 is 1.14. The van der Waals surface area contributed by atoms with Gasteiger partial charge in [-0.1, -0.05) is 11.8 Å². The van der Waals surface area contributed by atoms with E-state index in [9.17, 15) is 14.4 Å². The van der Waals surface area contributed by atoms with E-state index < -0.39 is 0 Å². The van der Waals surface area contributed by atoms with E-state index in [1.54, 1.807) is 50.4 Å². The maximum absolute atomic E-state index is 12.5. The summed E-state index contributed by atoms with van der Waals surface area (Å²) in [6, 6.07) is 8.39. The molecular formula is C21H23N3O6S. The van der Waals surface area contributed by atoms with Gasteiger partial charge in [-0.05, 0) is 38.1 Å². The third-order valence-electron chi connectivity index (χ3n) is 3.99. The number of carbonyl (C=O) groups excluding carboxylic acids is 3. The molecule has 0 aliphatic carbocycles.